The molecule has 1 heterocycles. The smallest absolute Gasteiger partial charge is 0.251 e. The Morgan fingerprint density at radius 3 is 2.52 bits per heavy atom. The van der Waals surface area contributed by atoms with Crippen molar-refractivity contribution in [1.82, 2.24) is 15.0 Å². The number of pyridine rings is 1. The topological polar surface area (TPSA) is 97.4 Å². The van der Waals surface area contributed by atoms with Crippen LogP contribution in [0.5, 0.6) is 11.5 Å². The van der Waals surface area contributed by atoms with Crippen LogP contribution in [0.15, 0.2) is 71.9 Å². The third kappa shape index (κ3) is 5.15. The molecule has 0 aliphatic carbocycles. The largest absolute Gasteiger partial charge is 0.453 e. The summed E-state index contributed by atoms with van der Waals surface area (Å²) in [6, 6.07) is 13.2. The Balaban J connectivity index is 1.62. The Morgan fingerprint density at radius 2 is 1.90 bits per heavy atom. The summed E-state index contributed by atoms with van der Waals surface area (Å²) in [6.45, 7) is 0.0967. The monoisotopic (exact) mass is 415 g/mol. The predicted octanol–water partition coefficient (Wildman–Crippen LogP) is 2.85. The van der Waals surface area contributed by atoms with E-state index in [9.17, 15) is 17.6 Å². The number of nitrogens with zero attached hydrogens (tertiary/aromatic N) is 1. The van der Waals surface area contributed by atoms with Gasteiger partial charge in [0.25, 0.3) is 5.91 Å². The first-order valence-corrected chi connectivity index (χ1v) is 10.1. The molecule has 0 bridgehead atoms. The Hall–Kier alpha value is -3.30. The van der Waals surface area contributed by atoms with Crippen LogP contribution in [0.25, 0.3) is 0 Å². The second-order valence-corrected chi connectivity index (χ2v) is 7.86. The van der Waals surface area contributed by atoms with Crippen molar-refractivity contribution in [2.24, 2.45) is 0 Å². The molecule has 150 valence electrons. The van der Waals surface area contributed by atoms with E-state index < -0.39 is 21.7 Å². The van der Waals surface area contributed by atoms with Crippen molar-refractivity contribution in [1.29, 1.82) is 0 Å². The van der Waals surface area contributed by atoms with E-state index in [4.69, 9.17) is 4.74 Å². The molecule has 1 aromatic heterocycles. The van der Waals surface area contributed by atoms with Gasteiger partial charge in [-0.05, 0) is 61.1 Å². The number of nitrogens with one attached hydrogen (secondary N) is 2. The Labute approximate surface area is 167 Å². The van der Waals surface area contributed by atoms with Crippen molar-refractivity contribution in [3.05, 3.63) is 83.9 Å². The lowest BCUT2D eigenvalue weighted by atomic mass is 10.2. The fraction of sp³-hybridized carbons (Fsp3) is 0.100. The molecule has 0 unspecified atom stereocenters. The van der Waals surface area contributed by atoms with Crippen molar-refractivity contribution in [3.63, 3.8) is 0 Å². The van der Waals surface area contributed by atoms with Gasteiger partial charge in [-0.3, -0.25) is 9.78 Å². The first-order valence-electron chi connectivity index (χ1n) is 8.57. The number of amides is 1. The average Bonchev–Trinajstić information content (AvgIpc) is 2.74. The number of aromatic nitrogens is 1. The fourth-order valence-corrected chi connectivity index (χ4v) is 3.19. The molecule has 29 heavy (non-hydrogen) atoms. The van der Waals surface area contributed by atoms with Crippen LogP contribution in [0, 0.1) is 5.82 Å². The van der Waals surface area contributed by atoms with Crippen molar-refractivity contribution < 1.29 is 22.3 Å². The van der Waals surface area contributed by atoms with E-state index in [-0.39, 0.29) is 22.8 Å². The molecule has 0 saturated heterocycles. The van der Waals surface area contributed by atoms with Crippen LogP contribution < -0.4 is 14.8 Å². The second kappa shape index (κ2) is 8.80. The van der Waals surface area contributed by atoms with Gasteiger partial charge in [-0.1, -0.05) is 6.07 Å². The molecule has 0 fully saturated rings. The van der Waals surface area contributed by atoms with Crippen LogP contribution in [-0.4, -0.2) is 26.4 Å². The highest BCUT2D eigenvalue weighted by Crippen LogP contribution is 2.24. The van der Waals surface area contributed by atoms with E-state index in [2.05, 4.69) is 15.0 Å². The fourth-order valence-electron chi connectivity index (χ4n) is 2.46. The van der Waals surface area contributed by atoms with Gasteiger partial charge in [0.1, 0.15) is 5.75 Å². The summed E-state index contributed by atoms with van der Waals surface area (Å²) in [4.78, 5) is 16.2. The molecule has 0 atom stereocenters. The highest BCUT2D eigenvalue weighted by atomic mass is 32.2. The zero-order chi connectivity index (χ0) is 20.9. The van der Waals surface area contributed by atoms with Gasteiger partial charge in [-0.25, -0.2) is 17.5 Å². The zero-order valence-corrected chi connectivity index (χ0v) is 16.2. The maximum Gasteiger partial charge on any atom is 0.251 e. The number of carbonyl (C=O) groups is 1. The van der Waals surface area contributed by atoms with E-state index in [1.54, 1.807) is 24.4 Å². The third-order valence-corrected chi connectivity index (χ3v) is 5.44. The number of carbonyl (C=O) groups excluding carboxylic acids is 1. The Morgan fingerprint density at radius 1 is 1.14 bits per heavy atom. The highest BCUT2D eigenvalue weighted by molar-refractivity contribution is 7.89. The maximum atomic E-state index is 14.3. The molecule has 2 N–H and O–H groups in total. The molecule has 0 saturated carbocycles. The van der Waals surface area contributed by atoms with Gasteiger partial charge in [0, 0.05) is 18.3 Å². The summed E-state index contributed by atoms with van der Waals surface area (Å²) >= 11 is 0. The first-order chi connectivity index (χ1) is 13.9. The molecule has 1 amide bonds. The number of ether oxygens (including phenoxy) is 1. The molecular weight excluding hydrogens is 397 g/mol. The van der Waals surface area contributed by atoms with E-state index in [0.717, 1.165) is 0 Å². The van der Waals surface area contributed by atoms with Crippen LogP contribution in [0.4, 0.5) is 4.39 Å². The van der Waals surface area contributed by atoms with Gasteiger partial charge >= 0.3 is 0 Å². The van der Waals surface area contributed by atoms with Crippen molar-refractivity contribution in [3.8, 4) is 11.5 Å². The number of benzene rings is 2. The van der Waals surface area contributed by atoms with Crippen molar-refractivity contribution in [2.75, 3.05) is 7.05 Å². The highest BCUT2D eigenvalue weighted by Gasteiger charge is 2.13. The van der Waals surface area contributed by atoms with Gasteiger partial charge in [0.2, 0.25) is 10.0 Å². The predicted molar refractivity (Wildman–Crippen MR) is 105 cm³/mol. The molecule has 2 aromatic carbocycles. The minimum atomic E-state index is -3.57. The number of sulfonamides is 1. The van der Waals surface area contributed by atoms with Crippen LogP contribution in [0.2, 0.25) is 0 Å². The van der Waals surface area contributed by atoms with Crippen LogP contribution in [-0.2, 0) is 16.6 Å². The minimum absolute atomic E-state index is 0.0504. The summed E-state index contributed by atoms with van der Waals surface area (Å²) in [5.74, 6) is -0.512. The lowest BCUT2D eigenvalue weighted by Gasteiger charge is -2.09. The molecule has 0 radical (unpaired) electrons. The molecule has 3 aromatic rings. The number of halogens is 1. The number of hydrogen-bond donors (Lipinski definition) is 2. The Bertz CT molecular complexity index is 1100. The average molecular weight is 415 g/mol. The van der Waals surface area contributed by atoms with Gasteiger partial charge in [0.15, 0.2) is 11.6 Å². The first kappa shape index (κ1) is 20.4. The third-order valence-electron chi connectivity index (χ3n) is 4.01. The van der Waals surface area contributed by atoms with E-state index in [0.29, 0.717) is 11.3 Å². The maximum absolute atomic E-state index is 14.3. The Kier molecular flexibility index (Phi) is 6.20. The zero-order valence-electron chi connectivity index (χ0n) is 15.4. The van der Waals surface area contributed by atoms with Gasteiger partial charge in [-0.15, -0.1) is 0 Å². The minimum Gasteiger partial charge on any atom is -0.453 e. The van der Waals surface area contributed by atoms with Crippen LogP contribution in [0.1, 0.15) is 15.9 Å². The standard InChI is InChI=1S/C20H18FN3O4S/c1-22-29(26,27)17-7-5-15(6-8-17)20(25)24-12-14-4-9-19(18(21)11-14)28-16-3-2-10-23-13-16/h2-11,13,22H,12H2,1H3,(H,24,25). The second-order valence-electron chi connectivity index (χ2n) is 5.97. The normalized spacial score (nSPS) is 11.1. The lowest BCUT2D eigenvalue weighted by Crippen LogP contribution is -2.23. The van der Waals surface area contributed by atoms with E-state index >= 15 is 0 Å². The summed E-state index contributed by atoms with van der Waals surface area (Å²) < 4.78 is 45.3. The van der Waals surface area contributed by atoms with Crippen molar-refractivity contribution >= 4 is 15.9 Å². The summed E-state index contributed by atoms with van der Waals surface area (Å²) in [6.07, 6.45) is 3.06. The van der Waals surface area contributed by atoms with Gasteiger partial charge in [-0.2, -0.15) is 0 Å². The summed E-state index contributed by atoms with van der Waals surface area (Å²) in [5.41, 5.74) is 0.834. The molecule has 3 rings (SSSR count). The quantitative estimate of drug-likeness (QED) is 0.619. The SMILES string of the molecule is CNS(=O)(=O)c1ccc(C(=O)NCc2ccc(Oc3cccnc3)c(F)c2)cc1. The molecule has 7 nitrogen and oxygen atoms in total. The van der Waals surface area contributed by atoms with Gasteiger partial charge < -0.3 is 10.1 Å². The molecule has 0 spiro atoms. The van der Waals surface area contributed by atoms with Crippen LogP contribution in [0.3, 0.4) is 0 Å². The number of rotatable bonds is 7. The van der Waals surface area contributed by atoms with Crippen molar-refractivity contribution in [2.45, 2.75) is 11.4 Å². The summed E-state index contributed by atoms with van der Waals surface area (Å²) in [7, 11) is -2.26. The molecule has 0 aliphatic heterocycles. The van der Waals surface area contributed by atoms with Crippen LogP contribution >= 0.6 is 0 Å². The van der Waals surface area contributed by atoms with Gasteiger partial charge in [0.05, 0.1) is 11.1 Å². The molecule has 0 aliphatic rings. The van der Waals surface area contributed by atoms with E-state index in [1.807, 2.05) is 0 Å². The molecule has 9 heteroatoms. The molecular formula is C20H18FN3O4S. The van der Waals surface area contributed by atoms with E-state index in [1.165, 1.54) is 49.6 Å². The lowest BCUT2D eigenvalue weighted by molar-refractivity contribution is 0.0950. The summed E-state index contributed by atoms with van der Waals surface area (Å²) in [5, 5.41) is 2.66. The number of hydrogen-bond acceptors (Lipinski definition) is 5.